The van der Waals surface area contributed by atoms with Crippen LogP contribution in [0.25, 0.3) is 5.65 Å². The number of fused-ring (bicyclic) bond motifs is 1. The van der Waals surface area contributed by atoms with Crippen LogP contribution in [-0.2, 0) is 0 Å². The van der Waals surface area contributed by atoms with Crippen molar-refractivity contribution in [3.63, 3.8) is 0 Å². The quantitative estimate of drug-likeness (QED) is 0.775. The van der Waals surface area contributed by atoms with Gasteiger partial charge in [-0.1, -0.05) is 0 Å². The van der Waals surface area contributed by atoms with Gasteiger partial charge in [0.05, 0.1) is 5.92 Å². The minimum atomic E-state index is -4.13. The van der Waals surface area contributed by atoms with Gasteiger partial charge in [0.2, 0.25) is 5.65 Å². The first kappa shape index (κ1) is 11.2. The maximum atomic E-state index is 12.4. The van der Waals surface area contributed by atoms with E-state index in [0.29, 0.717) is 17.3 Å². The molecule has 0 radical (unpaired) electrons. The van der Waals surface area contributed by atoms with Gasteiger partial charge in [0.1, 0.15) is 5.82 Å². The maximum Gasteiger partial charge on any atom is 0.395 e. The highest BCUT2D eigenvalue weighted by Crippen LogP contribution is 2.36. The first-order valence-corrected chi connectivity index (χ1v) is 5.45. The number of hydrogen-bond acceptors (Lipinski definition) is 4. The molecule has 0 N–H and O–H groups in total. The number of hydrogen-bond donors (Lipinski definition) is 0. The molecule has 0 aliphatic carbocycles. The molecule has 18 heavy (non-hydrogen) atoms. The van der Waals surface area contributed by atoms with E-state index in [1.54, 1.807) is 28.6 Å². The van der Waals surface area contributed by atoms with Crippen LogP contribution in [0, 0.1) is 12.8 Å². The van der Waals surface area contributed by atoms with Crippen molar-refractivity contribution in [3.8, 4) is 0 Å². The smallest absolute Gasteiger partial charge is 0.352 e. The summed E-state index contributed by atoms with van der Waals surface area (Å²) in [5.74, 6) is -0.135. The predicted octanol–water partition coefficient (Wildman–Crippen LogP) is 1.43. The second-order valence-corrected chi connectivity index (χ2v) is 4.34. The number of nitrogens with zero attached hydrogens (tertiary/aromatic N) is 5. The van der Waals surface area contributed by atoms with Crippen LogP contribution in [0.4, 0.5) is 19.0 Å². The molecule has 5 nitrogen and oxygen atoms in total. The van der Waals surface area contributed by atoms with Gasteiger partial charge in [0.25, 0.3) is 0 Å². The van der Waals surface area contributed by atoms with E-state index in [2.05, 4.69) is 15.2 Å². The second-order valence-electron chi connectivity index (χ2n) is 4.34. The molecule has 0 saturated carbocycles. The van der Waals surface area contributed by atoms with Gasteiger partial charge in [-0.15, -0.1) is 10.2 Å². The van der Waals surface area contributed by atoms with Gasteiger partial charge in [-0.3, -0.25) is 4.40 Å². The van der Waals surface area contributed by atoms with E-state index in [0.717, 1.165) is 0 Å². The number of aromatic nitrogens is 4. The standard InChI is InChI=1S/C10H10F3N5/c1-6-15-16-9-8(14-2-3-18(6)9)17-4-7(5-17)10(11,12)13/h2-3,7H,4-5H2,1H3. The fourth-order valence-electron chi connectivity index (χ4n) is 2.01. The van der Waals surface area contributed by atoms with Gasteiger partial charge in [0.15, 0.2) is 5.82 Å². The molecule has 1 aliphatic rings. The molecule has 0 unspecified atom stereocenters. The van der Waals surface area contributed by atoms with Crippen molar-refractivity contribution in [2.75, 3.05) is 18.0 Å². The Balaban J connectivity index is 1.89. The van der Waals surface area contributed by atoms with Crippen LogP contribution in [0.1, 0.15) is 5.82 Å². The lowest BCUT2D eigenvalue weighted by Gasteiger charge is -2.40. The molecule has 0 spiro atoms. The summed E-state index contributed by atoms with van der Waals surface area (Å²) >= 11 is 0. The Morgan fingerprint density at radius 3 is 2.67 bits per heavy atom. The van der Waals surface area contributed by atoms with Crippen molar-refractivity contribution >= 4 is 11.5 Å². The zero-order valence-corrected chi connectivity index (χ0v) is 9.52. The molecule has 0 amide bonds. The van der Waals surface area contributed by atoms with Crippen LogP contribution in [0.3, 0.4) is 0 Å². The monoisotopic (exact) mass is 257 g/mol. The van der Waals surface area contributed by atoms with Crippen LogP contribution < -0.4 is 4.90 Å². The molecule has 8 heteroatoms. The lowest BCUT2D eigenvalue weighted by Crippen LogP contribution is -2.53. The zero-order valence-electron chi connectivity index (χ0n) is 9.52. The van der Waals surface area contributed by atoms with E-state index in [-0.39, 0.29) is 13.1 Å². The predicted molar refractivity (Wildman–Crippen MR) is 57.3 cm³/mol. The normalized spacial score (nSPS) is 17.2. The van der Waals surface area contributed by atoms with Gasteiger partial charge in [-0.05, 0) is 6.92 Å². The Hall–Kier alpha value is -1.86. The van der Waals surface area contributed by atoms with Crippen LogP contribution >= 0.6 is 0 Å². The van der Waals surface area contributed by atoms with Gasteiger partial charge in [-0.25, -0.2) is 4.98 Å². The number of anilines is 1. The molecule has 0 bridgehead atoms. The topological polar surface area (TPSA) is 46.3 Å². The van der Waals surface area contributed by atoms with Crippen LogP contribution in [0.2, 0.25) is 0 Å². The Kier molecular flexibility index (Phi) is 2.23. The van der Waals surface area contributed by atoms with E-state index in [1.807, 2.05) is 0 Å². The summed E-state index contributed by atoms with van der Waals surface area (Å²) < 4.78 is 39.0. The largest absolute Gasteiger partial charge is 0.395 e. The Bertz CT molecular complexity index is 585. The molecule has 3 heterocycles. The molecule has 0 aromatic carbocycles. The molecule has 2 aromatic heterocycles. The van der Waals surface area contributed by atoms with E-state index in [1.165, 1.54) is 0 Å². The van der Waals surface area contributed by atoms with Gasteiger partial charge >= 0.3 is 6.18 Å². The van der Waals surface area contributed by atoms with Crippen molar-refractivity contribution in [2.45, 2.75) is 13.1 Å². The molecule has 1 saturated heterocycles. The first-order chi connectivity index (χ1) is 8.47. The highest BCUT2D eigenvalue weighted by atomic mass is 19.4. The summed E-state index contributed by atoms with van der Waals surface area (Å²) in [6.07, 6.45) is -0.903. The molecule has 3 rings (SSSR count). The summed E-state index contributed by atoms with van der Waals surface area (Å²) in [7, 11) is 0. The summed E-state index contributed by atoms with van der Waals surface area (Å²) in [5.41, 5.74) is 0.496. The third-order valence-electron chi connectivity index (χ3n) is 3.12. The fourth-order valence-corrected chi connectivity index (χ4v) is 2.01. The third kappa shape index (κ3) is 1.59. The molecular formula is C10H10F3N5. The molecule has 2 aromatic rings. The molecule has 0 atom stereocenters. The summed E-state index contributed by atoms with van der Waals surface area (Å²) in [5, 5.41) is 7.82. The van der Waals surface area contributed by atoms with Crippen LogP contribution in [-0.4, -0.2) is 38.8 Å². The van der Waals surface area contributed by atoms with Gasteiger partial charge < -0.3 is 4.90 Å². The van der Waals surface area contributed by atoms with Gasteiger partial charge in [-0.2, -0.15) is 13.2 Å². The first-order valence-electron chi connectivity index (χ1n) is 5.45. The zero-order chi connectivity index (χ0) is 12.9. The minimum absolute atomic E-state index is 0.0674. The highest BCUT2D eigenvalue weighted by molar-refractivity contribution is 5.64. The summed E-state index contributed by atoms with van der Waals surface area (Å²) in [6.45, 7) is 1.64. The van der Waals surface area contributed by atoms with E-state index < -0.39 is 12.1 Å². The van der Waals surface area contributed by atoms with Crippen molar-refractivity contribution in [1.82, 2.24) is 19.6 Å². The average Bonchev–Trinajstić information content (AvgIpc) is 2.57. The number of rotatable bonds is 1. The Morgan fingerprint density at radius 1 is 1.28 bits per heavy atom. The number of alkyl halides is 3. The highest BCUT2D eigenvalue weighted by Gasteiger charge is 2.48. The molecule has 1 aliphatic heterocycles. The van der Waals surface area contributed by atoms with Gasteiger partial charge in [0, 0.05) is 25.5 Å². The average molecular weight is 257 g/mol. The fraction of sp³-hybridized carbons (Fsp3) is 0.500. The molecule has 96 valence electrons. The molecule has 1 fully saturated rings. The SMILES string of the molecule is Cc1nnc2c(N3CC(C(F)(F)F)C3)nccn12. The van der Waals surface area contributed by atoms with E-state index in [4.69, 9.17) is 0 Å². The van der Waals surface area contributed by atoms with Crippen molar-refractivity contribution in [2.24, 2.45) is 5.92 Å². The van der Waals surface area contributed by atoms with Crippen molar-refractivity contribution in [3.05, 3.63) is 18.2 Å². The summed E-state index contributed by atoms with van der Waals surface area (Å²) in [4.78, 5) is 5.67. The number of halogens is 3. The third-order valence-corrected chi connectivity index (χ3v) is 3.12. The van der Waals surface area contributed by atoms with Crippen LogP contribution in [0.5, 0.6) is 0 Å². The minimum Gasteiger partial charge on any atom is -0.352 e. The maximum absolute atomic E-state index is 12.4. The Morgan fingerprint density at radius 2 is 2.00 bits per heavy atom. The lowest BCUT2D eigenvalue weighted by atomic mass is 10.00. The van der Waals surface area contributed by atoms with Crippen LogP contribution in [0.15, 0.2) is 12.4 Å². The summed E-state index contributed by atoms with van der Waals surface area (Å²) in [6, 6.07) is 0. The van der Waals surface area contributed by atoms with E-state index in [9.17, 15) is 13.2 Å². The second kappa shape index (κ2) is 3.56. The number of aryl methyl sites for hydroxylation is 1. The molecular weight excluding hydrogens is 247 g/mol. The van der Waals surface area contributed by atoms with Crippen molar-refractivity contribution < 1.29 is 13.2 Å². The van der Waals surface area contributed by atoms with E-state index >= 15 is 0 Å². The Labute approximate surface area is 100 Å². The lowest BCUT2D eigenvalue weighted by molar-refractivity contribution is -0.180. The van der Waals surface area contributed by atoms with Crippen molar-refractivity contribution in [1.29, 1.82) is 0 Å².